The number of rotatable bonds is 5. The maximum absolute atomic E-state index is 13.0. The number of hydrogen-bond donors (Lipinski definition) is 1. The lowest BCUT2D eigenvalue weighted by Gasteiger charge is -2.18. The summed E-state index contributed by atoms with van der Waals surface area (Å²) in [6.07, 6.45) is 0. The summed E-state index contributed by atoms with van der Waals surface area (Å²) in [5.74, 6) is -1.34. The maximum Gasteiger partial charge on any atom is 0.331 e. The highest BCUT2D eigenvalue weighted by molar-refractivity contribution is 6.21. The van der Waals surface area contributed by atoms with E-state index in [9.17, 15) is 9.59 Å². The average Bonchev–Trinajstić information content (AvgIpc) is 3.08. The van der Waals surface area contributed by atoms with Crippen molar-refractivity contribution in [3.63, 3.8) is 0 Å². The third-order valence-electron chi connectivity index (χ3n) is 3.90. The van der Waals surface area contributed by atoms with Crippen molar-refractivity contribution in [2.24, 2.45) is 11.0 Å². The second-order valence-corrected chi connectivity index (χ2v) is 5.43. The standard InChI is InChI=1S/C19H18N2O3/c1-2-24-19(23)17-15(18(22)14-11-7-4-8-12-14)16(20-21-17)13-9-5-3-6-10-13/h3-12,15,17,21H,2H2,1H3. The molecule has 0 saturated heterocycles. The lowest BCUT2D eigenvalue weighted by molar-refractivity contribution is -0.145. The molecule has 0 radical (unpaired) electrons. The number of ether oxygens (including phenoxy) is 1. The van der Waals surface area contributed by atoms with E-state index < -0.39 is 17.9 Å². The number of esters is 1. The summed E-state index contributed by atoms with van der Waals surface area (Å²) in [7, 11) is 0. The van der Waals surface area contributed by atoms with Crippen LogP contribution in [0.1, 0.15) is 22.8 Å². The van der Waals surface area contributed by atoms with Crippen LogP contribution in [0.4, 0.5) is 0 Å². The predicted octanol–water partition coefficient (Wildman–Crippen LogP) is 2.42. The molecule has 1 heterocycles. The third kappa shape index (κ3) is 3.06. The molecule has 0 fully saturated rings. The Morgan fingerprint density at radius 1 is 1.04 bits per heavy atom. The van der Waals surface area contributed by atoms with Crippen molar-refractivity contribution in [1.82, 2.24) is 5.43 Å². The van der Waals surface area contributed by atoms with Crippen LogP contribution >= 0.6 is 0 Å². The van der Waals surface area contributed by atoms with Gasteiger partial charge in [-0.1, -0.05) is 60.7 Å². The highest BCUT2D eigenvalue weighted by Gasteiger charge is 2.43. The summed E-state index contributed by atoms with van der Waals surface area (Å²) >= 11 is 0. The summed E-state index contributed by atoms with van der Waals surface area (Å²) in [5.41, 5.74) is 4.70. The molecule has 0 spiro atoms. The maximum atomic E-state index is 13.0. The third-order valence-corrected chi connectivity index (χ3v) is 3.90. The highest BCUT2D eigenvalue weighted by atomic mass is 16.5. The Balaban J connectivity index is 1.97. The molecule has 24 heavy (non-hydrogen) atoms. The van der Waals surface area contributed by atoms with Crippen LogP contribution in [-0.2, 0) is 9.53 Å². The van der Waals surface area contributed by atoms with Crippen molar-refractivity contribution in [1.29, 1.82) is 0 Å². The van der Waals surface area contributed by atoms with E-state index >= 15 is 0 Å². The van der Waals surface area contributed by atoms with Crippen LogP contribution in [0.25, 0.3) is 0 Å². The van der Waals surface area contributed by atoms with Crippen molar-refractivity contribution in [3.05, 3.63) is 71.8 Å². The van der Waals surface area contributed by atoms with Gasteiger partial charge < -0.3 is 4.74 Å². The minimum Gasteiger partial charge on any atom is -0.464 e. The molecule has 1 aliphatic heterocycles. The van der Waals surface area contributed by atoms with Gasteiger partial charge in [0.15, 0.2) is 11.8 Å². The first-order valence-corrected chi connectivity index (χ1v) is 7.86. The Bertz CT molecular complexity index is 757. The first-order valence-electron chi connectivity index (χ1n) is 7.86. The number of ketones is 1. The minimum absolute atomic E-state index is 0.152. The van der Waals surface area contributed by atoms with E-state index in [4.69, 9.17) is 4.74 Å². The molecule has 0 aliphatic carbocycles. The van der Waals surface area contributed by atoms with Crippen molar-refractivity contribution >= 4 is 17.5 Å². The number of carbonyl (C=O) groups is 2. The van der Waals surface area contributed by atoms with Crippen LogP contribution < -0.4 is 5.43 Å². The van der Waals surface area contributed by atoms with E-state index in [1.807, 2.05) is 36.4 Å². The molecule has 0 aromatic heterocycles. The number of carbonyl (C=O) groups excluding carboxylic acids is 2. The smallest absolute Gasteiger partial charge is 0.331 e. The SMILES string of the molecule is CCOC(=O)C1NN=C(c2ccccc2)C1C(=O)c1ccccc1. The van der Waals surface area contributed by atoms with Gasteiger partial charge in [-0.2, -0.15) is 5.10 Å². The monoisotopic (exact) mass is 322 g/mol. The zero-order valence-corrected chi connectivity index (χ0v) is 13.3. The van der Waals surface area contributed by atoms with Gasteiger partial charge in [-0.3, -0.25) is 10.2 Å². The predicted molar refractivity (Wildman–Crippen MR) is 90.8 cm³/mol. The molecule has 2 atom stereocenters. The van der Waals surface area contributed by atoms with E-state index in [1.54, 1.807) is 31.2 Å². The summed E-state index contributed by atoms with van der Waals surface area (Å²) < 4.78 is 5.10. The highest BCUT2D eigenvalue weighted by Crippen LogP contribution is 2.24. The van der Waals surface area contributed by atoms with E-state index in [0.29, 0.717) is 11.3 Å². The second kappa shape index (κ2) is 7.08. The minimum atomic E-state index is -0.812. The summed E-state index contributed by atoms with van der Waals surface area (Å²) in [6.45, 7) is 1.99. The van der Waals surface area contributed by atoms with Crippen LogP contribution in [0.3, 0.4) is 0 Å². The molecule has 2 aromatic carbocycles. The molecule has 1 aliphatic rings. The molecule has 3 rings (SSSR count). The van der Waals surface area contributed by atoms with Crippen molar-refractivity contribution in [2.75, 3.05) is 6.61 Å². The molecule has 5 nitrogen and oxygen atoms in total. The fraction of sp³-hybridized carbons (Fsp3) is 0.211. The Morgan fingerprint density at radius 3 is 2.29 bits per heavy atom. The molecule has 0 saturated carbocycles. The second-order valence-electron chi connectivity index (χ2n) is 5.43. The Morgan fingerprint density at radius 2 is 1.67 bits per heavy atom. The van der Waals surface area contributed by atoms with Gasteiger partial charge in [0.25, 0.3) is 0 Å². The zero-order chi connectivity index (χ0) is 16.9. The Labute approximate surface area is 140 Å². The Hall–Kier alpha value is -2.95. The molecule has 1 N–H and O–H groups in total. The van der Waals surface area contributed by atoms with E-state index in [1.165, 1.54) is 0 Å². The molecule has 5 heteroatoms. The number of Topliss-reactive ketones (excluding diaryl/α,β-unsaturated/α-hetero) is 1. The first-order chi connectivity index (χ1) is 11.7. The van der Waals surface area contributed by atoms with Crippen LogP contribution in [0.2, 0.25) is 0 Å². The first kappa shape index (κ1) is 15.9. The summed E-state index contributed by atoms with van der Waals surface area (Å²) in [5, 5.41) is 4.26. The van der Waals surface area contributed by atoms with Crippen LogP contribution in [-0.4, -0.2) is 30.1 Å². The van der Waals surface area contributed by atoms with E-state index in [0.717, 1.165) is 5.56 Å². The normalized spacial score (nSPS) is 19.3. The van der Waals surface area contributed by atoms with Crippen molar-refractivity contribution < 1.29 is 14.3 Å². The molecular formula is C19H18N2O3. The van der Waals surface area contributed by atoms with Gasteiger partial charge in [-0.15, -0.1) is 0 Å². The van der Waals surface area contributed by atoms with E-state index in [2.05, 4.69) is 10.5 Å². The number of hydrogen-bond acceptors (Lipinski definition) is 5. The molecule has 0 amide bonds. The molecule has 0 bridgehead atoms. The fourth-order valence-corrected chi connectivity index (χ4v) is 2.77. The van der Waals surface area contributed by atoms with E-state index in [-0.39, 0.29) is 12.4 Å². The molecule has 2 unspecified atom stereocenters. The van der Waals surface area contributed by atoms with Crippen LogP contribution in [0.15, 0.2) is 65.8 Å². The lowest BCUT2D eigenvalue weighted by Crippen LogP contribution is -2.43. The van der Waals surface area contributed by atoms with Gasteiger partial charge in [0.05, 0.1) is 18.2 Å². The van der Waals surface area contributed by atoms with Crippen molar-refractivity contribution in [2.45, 2.75) is 13.0 Å². The fourth-order valence-electron chi connectivity index (χ4n) is 2.77. The van der Waals surface area contributed by atoms with Crippen molar-refractivity contribution in [3.8, 4) is 0 Å². The zero-order valence-electron chi connectivity index (χ0n) is 13.3. The van der Waals surface area contributed by atoms with Gasteiger partial charge in [-0.25, -0.2) is 4.79 Å². The molecular weight excluding hydrogens is 304 g/mol. The number of benzene rings is 2. The van der Waals surface area contributed by atoms with Gasteiger partial charge in [0.2, 0.25) is 0 Å². The summed E-state index contributed by atoms with van der Waals surface area (Å²) in [4.78, 5) is 25.3. The molecule has 122 valence electrons. The Kier molecular flexibility index (Phi) is 4.70. The number of nitrogens with one attached hydrogen (secondary N) is 1. The van der Waals surface area contributed by atoms with Gasteiger partial charge in [-0.05, 0) is 12.5 Å². The quantitative estimate of drug-likeness (QED) is 0.678. The lowest BCUT2D eigenvalue weighted by atomic mass is 9.85. The van der Waals surface area contributed by atoms with Gasteiger partial charge >= 0.3 is 5.97 Å². The average molecular weight is 322 g/mol. The van der Waals surface area contributed by atoms with Crippen LogP contribution in [0, 0.1) is 5.92 Å². The van der Waals surface area contributed by atoms with Gasteiger partial charge in [0.1, 0.15) is 0 Å². The largest absolute Gasteiger partial charge is 0.464 e. The van der Waals surface area contributed by atoms with Crippen LogP contribution in [0.5, 0.6) is 0 Å². The summed E-state index contributed by atoms with van der Waals surface area (Å²) in [6, 6.07) is 17.5. The molecule has 2 aromatic rings. The number of nitrogens with zero attached hydrogens (tertiary/aromatic N) is 1. The number of hydrazone groups is 1. The topological polar surface area (TPSA) is 67.8 Å². The van der Waals surface area contributed by atoms with Gasteiger partial charge in [0, 0.05) is 5.56 Å².